The number of benzene rings is 2. The third-order valence-corrected chi connectivity index (χ3v) is 4.20. The molecule has 0 saturated heterocycles. The third-order valence-electron chi connectivity index (χ3n) is 3.45. The maximum absolute atomic E-state index is 12.8. The van der Waals surface area contributed by atoms with Crippen LogP contribution in [0.2, 0.25) is 0 Å². The van der Waals surface area contributed by atoms with Crippen molar-refractivity contribution in [3.05, 3.63) is 71.4 Å². The van der Waals surface area contributed by atoms with E-state index >= 15 is 0 Å². The molecule has 0 aliphatic heterocycles. The smallest absolute Gasteiger partial charge is 0.310 e. The lowest BCUT2D eigenvalue weighted by Crippen LogP contribution is -2.21. The second-order valence-electron chi connectivity index (χ2n) is 5.42. The highest BCUT2D eigenvalue weighted by molar-refractivity contribution is 7.14. The maximum atomic E-state index is 12.8. The first-order valence-electron chi connectivity index (χ1n) is 7.81. The molecular weight excluding hydrogens is 355 g/mol. The Bertz CT molecular complexity index is 895. The summed E-state index contributed by atoms with van der Waals surface area (Å²) in [5.41, 5.74) is 2.33. The molecule has 7 heteroatoms. The molecule has 1 amide bonds. The lowest BCUT2D eigenvalue weighted by molar-refractivity contribution is -0.146. The molecule has 132 valence electrons. The minimum absolute atomic E-state index is 0.0248. The fourth-order valence-electron chi connectivity index (χ4n) is 2.19. The Morgan fingerprint density at radius 2 is 1.81 bits per heavy atom. The number of thiazole rings is 1. The van der Waals surface area contributed by atoms with Crippen LogP contribution in [0.15, 0.2) is 60.0 Å². The topological polar surface area (TPSA) is 68.3 Å². The Morgan fingerprint density at radius 3 is 2.54 bits per heavy atom. The Morgan fingerprint density at radius 1 is 1.08 bits per heavy atom. The van der Waals surface area contributed by atoms with Crippen molar-refractivity contribution in [2.45, 2.75) is 6.42 Å². The first kappa shape index (κ1) is 17.8. The number of carbonyl (C=O) groups is 2. The van der Waals surface area contributed by atoms with Gasteiger partial charge in [-0.25, -0.2) is 9.37 Å². The summed E-state index contributed by atoms with van der Waals surface area (Å²) in [4.78, 5) is 28.0. The van der Waals surface area contributed by atoms with Crippen molar-refractivity contribution in [1.29, 1.82) is 0 Å². The molecule has 1 N–H and O–H groups in total. The molecule has 0 atom stereocenters. The number of rotatable bonds is 6. The summed E-state index contributed by atoms with van der Waals surface area (Å²) in [5.74, 6) is -1.40. The van der Waals surface area contributed by atoms with E-state index in [1.54, 1.807) is 0 Å². The van der Waals surface area contributed by atoms with Crippen molar-refractivity contribution in [2.24, 2.45) is 0 Å². The van der Waals surface area contributed by atoms with Crippen LogP contribution >= 0.6 is 11.3 Å². The average molecular weight is 370 g/mol. The number of carbonyl (C=O) groups excluding carboxylic acids is 2. The number of anilines is 1. The van der Waals surface area contributed by atoms with E-state index in [1.165, 1.54) is 35.6 Å². The predicted molar refractivity (Wildman–Crippen MR) is 97.2 cm³/mol. The molecule has 0 unspecified atom stereocenters. The van der Waals surface area contributed by atoms with Crippen molar-refractivity contribution in [3.63, 3.8) is 0 Å². The summed E-state index contributed by atoms with van der Waals surface area (Å²) in [6.07, 6.45) is -0.0248. The number of hydrogen-bond acceptors (Lipinski definition) is 5. The van der Waals surface area contributed by atoms with E-state index in [4.69, 9.17) is 4.74 Å². The molecule has 2 aromatic carbocycles. The van der Waals surface area contributed by atoms with Crippen LogP contribution in [-0.4, -0.2) is 23.5 Å². The van der Waals surface area contributed by atoms with Crippen LogP contribution in [0, 0.1) is 5.82 Å². The van der Waals surface area contributed by atoms with Gasteiger partial charge in [-0.1, -0.05) is 42.5 Å². The molecule has 0 aliphatic carbocycles. The van der Waals surface area contributed by atoms with E-state index in [1.807, 2.05) is 35.7 Å². The van der Waals surface area contributed by atoms with Crippen LogP contribution in [0.3, 0.4) is 0 Å². The van der Waals surface area contributed by atoms with Crippen molar-refractivity contribution >= 4 is 28.3 Å². The molecule has 1 aromatic heterocycles. The molecule has 0 aliphatic rings. The maximum Gasteiger partial charge on any atom is 0.310 e. The number of halogens is 1. The van der Waals surface area contributed by atoms with Gasteiger partial charge in [0, 0.05) is 10.9 Å². The van der Waals surface area contributed by atoms with Gasteiger partial charge < -0.3 is 4.74 Å². The number of hydrogen-bond donors (Lipinski definition) is 1. The molecule has 0 saturated carbocycles. The van der Waals surface area contributed by atoms with Crippen molar-refractivity contribution < 1.29 is 18.7 Å². The second-order valence-corrected chi connectivity index (χ2v) is 6.27. The lowest BCUT2D eigenvalue weighted by Gasteiger charge is -2.05. The summed E-state index contributed by atoms with van der Waals surface area (Å²) >= 11 is 1.29. The number of esters is 1. The molecule has 3 aromatic rings. The van der Waals surface area contributed by atoms with E-state index < -0.39 is 18.5 Å². The Balaban J connectivity index is 1.47. The van der Waals surface area contributed by atoms with Crippen LogP contribution in [-0.2, 0) is 20.7 Å². The third kappa shape index (κ3) is 4.97. The highest BCUT2D eigenvalue weighted by atomic mass is 32.1. The van der Waals surface area contributed by atoms with Crippen LogP contribution < -0.4 is 5.32 Å². The van der Waals surface area contributed by atoms with Gasteiger partial charge in [-0.2, -0.15) is 0 Å². The second kappa shape index (κ2) is 8.35. The van der Waals surface area contributed by atoms with E-state index in [-0.39, 0.29) is 12.2 Å². The lowest BCUT2D eigenvalue weighted by atomic mass is 10.1. The van der Waals surface area contributed by atoms with E-state index in [0.717, 1.165) is 11.3 Å². The number of nitrogens with zero attached hydrogens (tertiary/aromatic N) is 1. The van der Waals surface area contributed by atoms with Crippen LogP contribution in [0.1, 0.15) is 5.56 Å². The molecule has 0 fully saturated rings. The predicted octanol–water partition coefficient (Wildman–Crippen LogP) is 3.67. The quantitative estimate of drug-likeness (QED) is 0.672. The van der Waals surface area contributed by atoms with Crippen molar-refractivity contribution in [2.75, 3.05) is 11.9 Å². The minimum atomic E-state index is -0.559. The zero-order valence-corrected chi connectivity index (χ0v) is 14.5. The number of aromatic nitrogens is 1. The zero-order valence-electron chi connectivity index (χ0n) is 13.6. The Labute approximate surface area is 153 Å². The number of amides is 1. The summed E-state index contributed by atoms with van der Waals surface area (Å²) in [7, 11) is 0. The first-order valence-corrected chi connectivity index (χ1v) is 8.69. The molecule has 0 spiro atoms. The van der Waals surface area contributed by atoms with Gasteiger partial charge in [0.05, 0.1) is 12.1 Å². The molecule has 5 nitrogen and oxygen atoms in total. The molecule has 0 bridgehead atoms. The van der Waals surface area contributed by atoms with E-state index in [9.17, 15) is 14.0 Å². The molecule has 1 heterocycles. The SMILES string of the molecule is O=C(COC(=O)Cc1ccc(F)cc1)Nc1nc(-c2ccccc2)cs1. The molecule has 0 radical (unpaired) electrons. The first-order chi connectivity index (χ1) is 12.6. The number of nitrogens with one attached hydrogen (secondary N) is 1. The normalized spacial score (nSPS) is 10.3. The summed E-state index contributed by atoms with van der Waals surface area (Å²) in [5, 5.41) is 4.87. The van der Waals surface area contributed by atoms with Crippen LogP contribution in [0.4, 0.5) is 9.52 Å². The van der Waals surface area contributed by atoms with Gasteiger partial charge >= 0.3 is 5.97 Å². The van der Waals surface area contributed by atoms with E-state index in [2.05, 4.69) is 10.3 Å². The molecule has 3 rings (SSSR count). The number of ether oxygens (including phenoxy) is 1. The van der Waals surface area contributed by atoms with Gasteiger partial charge in [-0.3, -0.25) is 14.9 Å². The monoisotopic (exact) mass is 370 g/mol. The van der Waals surface area contributed by atoms with E-state index in [0.29, 0.717) is 10.7 Å². The summed E-state index contributed by atoms with van der Waals surface area (Å²) < 4.78 is 17.8. The molecule has 26 heavy (non-hydrogen) atoms. The highest BCUT2D eigenvalue weighted by Gasteiger charge is 2.11. The van der Waals surface area contributed by atoms with Crippen LogP contribution in [0.5, 0.6) is 0 Å². The van der Waals surface area contributed by atoms with Crippen molar-refractivity contribution in [1.82, 2.24) is 4.98 Å². The fraction of sp³-hybridized carbons (Fsp3) is 0.105. The van der Waals surface area contributed by atoms with Gasteiger partial charge in [-0.15, -0.1) is 11.3 Å². The van der Waals surface area contributed by atoms with Crippen LogP contribution in [0.25, 0.3) is 11.3 Å². The molecular formula is C19H15FN2O3S. The van der Waals surface area contributed by atoms with Gasteiger partial charge in [-0.05, 0) is 17.7 Å². The fourth-order valence-corrected chi connectivity index (χ4v) is 2.93. The average Bonchev–Trinajstić information content (AvgIpc) is 3.11. The van der Waals surface area contributed by atoms with Gasteiger partial charge in [0.15, 0.2) is 11.7 Å². The Kier molecular flexibility index (Phi) is 5.70. The summed E-state index contributed by atoms with van der Waals surface area (Å²) in [6, 6.07) is 15.1. The largest absolute Gasteiger partial charge is 0.455 e. The zero-order chi connectivity index (χ0) is 18.4. The highest BCUT2D eigenvalue weighted by Crippen LogP contribution is 2.24. The Hall–Kier alpha value is -3.06. The minimum Gasteiger partial charge on any atom is -0.455 e. The standard InChI is InChI=1S/C19H15FN2O3S/c20-15-8-6-13(7-9-15)10-18(24)25-11-17(23)22-19-21-16(12-26-19)14-4-2-1-3-5-14/h1-9,12H,10-11H2,(H,21,22,23). The van der Waals surface area contributed by atoms with Gasteiger partial charge in [0.1, 0.15) is 5.82 Å². The van der Waals surface area contributed by atoms with Crippen molar-refractivity contribution in [3.8, 4) is 11.3 Å². The van der Waals surface area contributed by atoms with Gasteiger partial charge in [0.25, 0.3) is 5.91 Å². The summed E-state index contributed by atoms with van der Waals surface area (Å²) in [6.45, 7) is -0.403. The van der Waals surface area contributed by atoms with Gasteiger partial charge in [0.2, 0.25) is 0 Å².